The van der Waals surface area contributed by atoms with Crippen molar-refractivity contribution in [3.05, 3.63) is 0 Å². The molecule has 2 N–H and O–H groups in total. The summed E-state index contributed by atoms with van der Waals surface area (Å²) < 4.78 is 0. The van der Waals surface area contributed by atoms with Crippen molar-refractivity contribution in [1.82, 2.24) is 15.5 Å². The van der Waals surface area contributed by atoms with Crippen LogP contribution >= 0.6 is 0 Å². The SMILES string of the molecule is CCC(=O)N1CCC(NC(=O)NCC(C)(C)C)CC1. The van der Waals surface area contributed by atoms with E-state index in [1.165, 1.54) is 0 Å². The summed E-state index contributed by atoms with van der Waals surface area (Å²) >= 11 is 0. The molecule has 0 unspecified atom stereocenters. The predicted octanol–water partition coefficient (Wildman–Crippen LogP) is 1.73. The van der Waals surface area contributed by atoms with Gasteiger partial charge in [0.15, 0.2) is 0 Å². The minimum Gasteiger partial charge on any atom is -0.343 e. The minimum atomic E-state index is -0.102. The molecule has 0 aromatic heterocycles. The van der Waals surface area contributed by atoms with Crippen molar-refractivity contribution in [3.8, 4) is 0 Å². The summed E-state index contributed by atoms with van der Waals surface area (Å²) in [6, 6.07) is 0.0797. The monoisotopic (exact) mass is 269 g/mol. The summed E-state index contributed by atoms with van der Waals surface area (Å²) in [4.78, 5) is 25.1. The maximum atomic E-state index is 11.7. The number of urea groups is 1. The van der Waals surface area contributed by atoms with Gasteiger partial charge in [0.1, 0.15) is 0 Å². The van der Waals surface area contributed by atoms with Gasteiger partial charge in [-0.05, 0) is 18.3 Å². The molecular formula is C14H27N3O2. The van der Waals surface area contributed by atoms with E-state index in [4.69, 9.17) is 0 Å². The maximum absolute atomic E-state index is 11.7. The Kier molecular flexibility index (Phi) is 5.63. The van der Waals surface area contributed by atoms with Crippen LogP contribution in [-0.4, -0.2) is 42.5 Å². The number of carbonyl (C=O) groups is 2. The molecule has 3 amide bonds. The van der Waals surface area contributed by atoms with Gasteiger partial charge in [-0.1, -0.05) is 27.7 Å². The molecular weight excluding hydrogens is 242 g/mol. The van der Waals surface area contributed by atoms with Crippen LogP contribution in [0.3, 0.4) is 0 Å². The van der Waals surface area contributed by atoms with Gasteiger partial charge in [-0.2, -0.15) is 0 Å². The molecule has 1 aliphatic heterocycles. The molecule has 19 heavy (non-hydrogen) atoms. The van der Waals surface area contributed by atoms with Crippen LogP contribution in [-0.2, 0) is 4.79 Å². The number of piperidine rings is 1. The van der Waals surface area contributed by atoms with Crippen molar-refractivity contribution in [3.63, 3.8) is 0 Å². The number of likely N-dealkylation sites (tertiary alicyclic amines) is 1. The second-order valence-electron chi connectivity index (χ2n) is 6.40. The summed E-state index contributed by atoms with van der Waals surface area (Å²) in [6.07, 6.45) is 2.24. The maximum Gasteiger partial charge on any atom is 0.315 e. The summed E-state index contributed by atoms with van der Waals surface area (Å²) in [5, 5.41) is 5.87. The number of hydrogen-bond acceptors (Lipinski definition) is 2. The van der Waals surface area contributed by atoms with Crippen LogP contribution in [0.4, 0.5) is 4.79 Å². The number of nitrogens with zero attached hydrogens (tertiary/aromatic N) is 1. The van der Waals surface area contributed by atoms with Gasteiger partial charge in [0.05, 0.1) is 0 Å². The van der Waals surface area contributed by atoms with Crippen LogP contribution < -0.4 is 10.6 Å². The predicted molar refractivity (Wildman–Crippen MR) is 75.9 cm³/mol. The number of hydrogen-bond donors (Lipinski definition) is 2. The third-order valence-electron chi connectivity index (χ3n) is 3.26. The molecule has 0 aliphatic carbocycles. The summed E-state index contributed by atoms with van der Waals surface area (Å²) in [5.41, 5.74) is 0.0915. The number of amides is 3. The Morgan fingerprint density at radius 3 is 2.26 bits per heavy atom. The number of carbonyl (C=O) groups excluding carboxylic acids is 2. The van der Waals surface area contributed by atoms with E-state index in [0.29, 0.717) is 13.0 Å². The zero-order valence-corrected chi connectivity index (χ0v) is 12.6. The van der Waals surface area contributed by atoms with Crippen molar-refractivity contribution in [1.29, 1.82) is 0 Å². The lowest BCUT2D eigenvalue weighted by Gasteiger charge is -2.32. The van der Waals surface area contributed by atoms with E-state index >= 15 is 0 Å². The normalized spacial score (nSPS) is 17.2. The Balaban J connectivity index is 2.25. The smallest absolute Gasteiger partial charge is 0.315 e. The molecule has 0 radical (unpaired) electrons. The third-order valence-corrected chi connectivity index (χ3v) is 3.26. The second-order valence-corrected chi connectivity index (χ2v) is 6.40. The van der Waals surface area contributed by atoms with Crippen molar-refractivity contribution >= 4 is 11.9 Å². The van der Waals surface area contributed by atoms with Crippen molar-refractivity contribution in [2.45, 2.75) is 53.0 Å². The molecule has 110 valence electrons. The molecule has 0 aromatic carbocycles. The number of nitrogens with one attached hydrogen (secondary N) is 2. The molecule has 5 heteroatoms. The van der Waals surface area contributed by atoms with Gasteiger partial charge in [-0.15, -0.1) is 0 Å². The largest absolute Gasteiger partial charge is 0.343 e. The van der Waals surface area contributed by atoms with Crippen molar-refractivity contribution in [2.75, 3.05) is 19.6 Å². The van der Waals surface area contributed by atoms with Gasteiger partial charge in [-0.25, -0.2) is 4.79 Å². The Morgan fingerprint density at radius 1 is 1.21 bits per heavy atom. The first-order valence-electron chi connectivity index (χ1n) is 7.14. The Labute approximate surface area is 116 Å². The van der Waals surface area contributed by atoms with Crippen LogP contribution in [0.1, 0.15) is 47.0 Å². The first-order chi connectivity index (χ1) is 8.81. The van der Waals surface area contributed by atoms with E-state index in [1.54, 1.807) is 0 Å². The Morgan fingerprint density at radius 2 is 1.79 bits per heavy atom. The first kappa shape index (κ1) is 15.8. The molecule has 0 atom stereocenters. The molecule has 1 heterocycles. The molecule has 0 aromatic rings. The van der Waals surface area contributed by atoms with Crippen LogP contribution in [0.25, 0.3) is 0 Å². The van der Waals surface area contributed by atoms with Gasteiger partial charge in [0, 0.05) is 32.1 Å². The highest BCUT2D eigenvalue weighted by Gasteiger charge is 2.23. The molecule has 0 spiro atoms. The fourth-order valence-corrected chi connectivity index (χ4v) is 2.08. The van der Waals surface area contributed by atoms with Crippen LogP contribution in [0.5, 0.6) is 0 Å². The molecule has 5 nitrogen and oxygen atoms in total. The van der Waals surface area contributed by atoms with E-state index in [9.17, 15) is 9.59 Å². The van der Waals surface area contributed by atoms with Crippen LogP contribution in [0, 0.1) is 5.41 Å². The topological polar surface area (TPSA) is 61.4 Å². The summed E-state index contributed by atoms with van der Waals surface area (Å²) in [5.74, 6) is 0.204. The van der Waals surface area contributed by atoms with Gasteiger partial charge in [0.25, 0.3) is 0 Å². The van der Waals surface area contributed by atoms with Gasteiger partial charge in [-0.3, -0.25) is 4.79 Å². The zero-order valence-electron chi connectivity index (χ0n) is 12.6. The van der Waals surface area contributed by atoms with Crippen LogP contribution in [0.15, 0.2) is 0 Å². The third kappa shape index (κ3) is 5.94. The van der Waals surface area contributed by atoms with E-state index < -0.39 is 0 Å². The zero-order chi connectivity index (χ0) is 14.5. The highest BCUT2D eigenvalue weighted by molar-refractivity contribution is 5.76. The van der Waals surface area contributed by atoms with Crippen molar-refractivity contribution < 1.29 is 9.59 Å². The Hall–Kier alpha value is -1.26. The van der Waals surface area contributed by atoms with Gasteiger partial charge >= 0.3 is 6.03 Å². The standard InChI is InChI=1S/C14H27N3O2/c1-5-12(18)17-8-6-11(7-9-17)16-13(19)15-10-14(2,3)4/h11H,5-10H2,1-4H3,(H2,15,16,19). The first-order valence-corrected chi connectivity index (χ1v) is 7.14. The fraction of sp³-hybridized carbons (Fsp3) is 0.857. The molecule has 1 saturated heterocycles. The van der Waals surface area contributed by atoms with E-state index in [2.05, 4.69) is 31.4 Å². The lowest BCUT2D eigenvalue weighted by Crippen LogP contribution is -2.50. The van der Waals surface area contributed by atoms with E-state index in [1.807, 2.05) is 11.8 Å². The highest BCUT2D eigenvalue weighted by Crippen LogP contribution is 2.12. The van der Waals surface area contributed by atoms with Gasteiger partial charge in [0.2, 0.25) is 5.91 Å². The molecule has 1 fully saturated rings. The lowest BCUT2D eigenvalue weighted by molar-refractivity contribution is -0.131. The van der Waals surface area contributed by atoms with Crippen LogP contribution in [0.2, 0.25) is 0 Å². The lowest BCUT2D eigenvalue weighted by atomic mass is 9.97. The fourth-order valence-electron chi connectivity index (χ4n) is 2.08. The quantitative estimate of drug-likeness (QED) is 0.819. The molecule has 0 saturated carbocycles. The highest BCUT2D eigenvalue weighted by atomic mass is 16.2. The average molecular weight is 269 g/mol. The number of rotatable bonds is 3. The summed E-state index contributed by atoms with van der Waals surface area (Å²) in [6.45, 7) is 10.3. The second kappa shape index (κ2) is 6.78. The average Bonchev–Trinajstić information content (AvgIpc) is 2.35. The Bertz CT molecular complexity index is 315. The molecule has 0 bridgehead atoms. The van der Waals surface area contributed by atoms with Gasteiger partial charge < -0.3 is 15.5 Å². The van der Waals surface area contributed by atoms with Crippen molar-refractivity contribution in [2.24, 2.45) is 5.41 Å². The minimum absolute atomic E-state index is 0.0915. The van der Waals surface area contributed by atoms with E-state index in [0.717, 1.165) is 25.9 Å². The molecule has 1 aliphatic rings. The van der Waals surface area contributed by atoms with E-state index in [-0.39, 0.29) is 23.4 Å². The summed E-state index contributed by atoms with van der Waals surface area (Å²) in [7, 11) is 0. The molecule has 1 rings (SSSR count).